The summed E-state index contributed by atoms with van der Waals surface area (Å²) in [5, 5.41) is 9.32. The van der Waals surface area contributed by atoms with E-state index in [9.17, 15) is 9.90 Å². The minimum atomic E-state index is -0.382. The molecule has 0 aromatic carbocycles. The van der Waals surface area contributed by atoms with Crippen molar-refractivity contribution >= 4 is 6.29 Å². The zero-order valence-electron chi connectivity index (χ0n) is 7.86. The molecule has 0 saturated carbocycles. The maximum Gasteiger partial charge on any atom is 0.123 e. The second-order valence-electron chi connectivity index (χ2n) is 3.37. The minimum absolute atomic E-state index is 0.382. The summed E-state index contributed by atoms with van der Waals surface area (Å²) in [5.41, 5.74) is 0. The molecule has 2 heteroatoms. The number of aliphatic hydroxyl groups excluding tert-OH is 1. The molecule has 0 radical (unpaired) electrons. The van der Waals surface area contributed by atoms with E-state index in [1.807, 2.05) is 0 Å². The zero-order chi connectivity index (χ0) is 9.40. The van der Waals surface area contributed by atoms with Crippen LogP contribution in [-0.4, -0.2) is 17.5 Å². The van der Waals surface area contributed by atoms with Gasteiger partial charge >= 0.3 is 0 Å². The standard InChI is InChI=1S/C10H18O2/c1-9(2)6-7-10(12)5-3-4-8-11/h3,5,8-10,12H,4,6-7H2,1-2H3. The van der Waals surface area contributed by atoms with Crippen molar-refractivity contribution in [3.05, 3.63) is 12.2 Å². The Bertz CT molecular complexity index is 139. The summed E-state index contributed by atoms with van der Waals surface area (Å²) in [7, 11) is 0. The van der Waals surface area contributed by atoms with Gasteiger partial charge in [0.2, 0.25) is 0 Å². The molecule has 0 amide bonds. The first-order valence-electron chi connectivity index (χ1n) is 4.45. The SMILES string of the molecule is CC(C)CCC(O)C=CCC=O. The maximum atomic E-state index is 9.92. The first-order chi connectivity index (χ1) is 5.66. The third-order valence-electron chi connectivity index (χ3n) is 1.63. The Balaban J connectivity index is 3.44. The molecule has 0 fully saturated rings. The normalized spacial score (nSPS) is 14.0. The monoisotopic (exact) mass is 170 g/mol. The van der Waals surface area contributed by atoms with E-state index >= 15 is 0 Å². The summed E-state index contributed by atoms with van der Waals surface area (Å²) in [4.78, 5) is 9.92. The second kappa shape index (κ2) is 7.04. The molecule has 0 aliphatic heterocycles. The van der Waals surface area contributed by atoms with E-state index in [1.165, 1.54) is 0 Å². The third kappa shape index (κ3) is 7.48. The second-order valence-corrected chi connectivity index (χ2v) is 3.37. The number of hydrogen-bond acceptors (Lipinski definition) is 2. The van der Waals surface area contributed by atoms with Crippen LogP contribution in [0.25, 0.3) is 0 Å². The van der Waals surface area contributed by atoms with Gasteiger partial charge in [-0.1, -0.05) is 26.0 Å². The molecular weight excluding hydrogens is 152 g/mol. The van der Waals surface area contributed by atoms with E-state index < -0.39 is 0 Å². The quantitative estimate of drug-likeness (QED) is 0.488. The van der Waals surface area contributed by atoms with E-state index in [1.54, 1.807) is 12.2 Å². The van der Waals surface area contributed by atoms with Gasteiger partial charge in [-0.3, -0.25) is 0 Å². The van der Waals surface area contributed by atoms with Crippen LogP contribution in [0.3, 0.4) is 0 Å². The van der Waals surface area contributed by atoms with Crippen LogP contribution >= 0.6 is 0 Å². The van der Waals surface area contributed by atoms with Crippen LogP contribution in [-0.2, 0) is 4.79 Å². The highest BCUT2D eigenvalue weighted by atomic mass is 16.3. The average Bonchev–Trinajstić information content (AvgIpc) is 2.01. The van der Waals surface area contributed by atoms with Gasteiger partial charge in [0.25, 0.3) is 0 Å². The summed E-state index contributed by atoms with van der Waals surface area (Å²) in [6, 6.07) is 0. The Morgan fingerprint density at radius 2 is 2.00 bits per heavy atom. The van der Waals surface area contributed by atoms with Gasteiger partial charge in [-0.25, -0.2) is 0 Å². The molecule has 2 nitrogen and oxygen atoms in total. The van der Waals surface area contributed by atoms with E-state index in [0.717, 1.165) is 19.1 Å². The van der Waals surface area contributed by atoms with Gasteiger partial charge in [-0.05, 0) is 18.8 Å². The molecule has 0 heterocycles. The average molecular weight is 170 g/mol. The molecule has 1 unspecified atom stereocenters. The van der Waals surface area contributed by atoms with E-state index in [4.69, 9.17) is 0 Å². The van der Waals surface area contributed by atoms with Crippen molar-refractivity contribution in [1.29, 1.82) is 0 Å². The van der Waals surface area contributed by atoms with Crippen LogP contribution in [0.1, 0.15) is 33.1 Å². The van der Waals surface area contributed by atoms with Crippen molar-refractivity contribution < 1.29 is 9.90 Å². The van der Waals surface area contributed by atoms with Gasteiger partial charge in [0, 0.05) is 6.42 Å². The molecule has 0 bridgehead atoms. The lowest BCUT2D eigenvalue weighted by atomic mass is 10.0. The highest BCUT2D eigenvalue weighted by Gasteiger charge is 2.00. The summed E-state index contributed by atoms with van der Waals surface area (Å²) < 4.78 is 0. The Kier molecular flexibility index (Phi) is 6.67. The number of allylic oxidation sites excluding steroid dienone is 1. The van der Waals surface area contributed by atoms with Gasteiger partial charge in [0.05, 0.1) is 6.10 Å². The van der Waals surface area contributed by atoms with Gasteiger partial charge in [-0.2, -0.15) is 0 Å². The van der Waals surface area contributed by atoms with Crippen LogP contribution in [0.4, 0.5) is 0 Å². The van der Waals surface area contributed by atoms with Crippen LogP contribution in [0.2, 0.25) is 0 Å². The molecule has 0 aromatic rings. The van der Waals surface area contributed by atoms with Crippen molar-refractivity contribution in [3.63, 3.8) is 0 Å². The van der Waals surface area contributed by atoms with Crippen molar-refractivity contribution in [1.82, 2.24) is 0 Å². The highest BCUT2D eigenvalue weighted by Crippen LogP contribution is 2.07. The molecule has 0 spiro atoms. The summed E-state index contributed by atoms with van der Waals surface area (Å²) >= 11 is 0. The fourth-order valence-electron chi connectivity index (χ4n) is 0.892. The van der Waals surface area contributed by atoms with Gasteiger partial charge in [0.1, 0.15) is 6.29 Å². The molecule has 0 rings (SSSR count). The van der Waals surface area contributed by atoms with Crippen LogP contribution in [0.5, 0.6) is 0 Å². The first-order valence-corrected chi connectivity index (χ1v) is 4.45. The molecule has 0 aromatic heterocycles. The molecule has 0 aliphatic rings. The predicted molar refractivity (Wildman–Crippen MR) is 49.9 cm³/mol. The summed E-state index contributed by atoms with van der Waals surface area (Å²) in [5.74, 6) is 0.624. The van der Waals surface area contributed by atoms with Gasteiger partial charge < -0.3 is 9.90 Å². The number of rotatable bonds is 6. The number of carbonyl (C=O) groups excluding carboxylic acids is 1. The molecule has 0 saturated heterocycles. The van der Waals surface area contributed by atoms with Crippen molar-refractivity contribution in [2.24, 2.45) is 5.92 Å². The molecule has 1 atom stereocenters. The van der Waals surface area contributed by atoms with Crippen LogP contribution < -0.4 is 0 Å². The Morgan fingerprint density at radius 3 is 2.50 bits per heavy atom. The molecule has 70 valence electrons. The van der Waals surface area contributed by atoms with Crippen molar-refractivity contribution in [3.8, 4) is 0 Å². The smallest absolute Gasteiger partial charge is 0.123 e. The Labute approximate surface area is 74.3 Å². The Morgan fingerprint density at radius 1 is 1.33 bits per heavy atom. The minimum Gasteiger partial charge on any atom is -0.389 e. The lowest BCUT2D eigenvalue weighted by molar-refractivity contribution is -0.107. The lowest BCUT2D eigenvalue weighted by Crippen LogP contribution is -2.03. The van der Waals surface area contributed by atoms with E-state index in [2.05, 4.69) is 13.8 Å². The third-order valence-corrected chi connectivity index (χ3v) is 1.63. The van der Waals surface area contributed by atoms with Crippen molar-refractivity contribution in [2.75, 3.05) is 0 Å². The fourth-order valence-corrected chi connectivity index (χ4v) is 0.892. The maximum absolute atomic E-state index is 9.92. The van der Waals surface area contributed by atoms with E-state index in [0.29, 0.717) is 12.3 Å². The highest BCUT2D eigenvalue weighted by molar-refractivity contribution is 5.51. The van der Waals surface area contributed by atoms with Crippen molar-refractivity contribution in [2.45, 2.75) is 39.2 Å². The predicted octanol–water partition coefficient (Wildman–Crippen LogP) is 1.93. The topological polar surface area (TPSA) is 37.3 Å². The van der Waals surface area contributed by atoms with Gasteiger partial charge in [0.15, 0.2) is 0 Å². The lowest BCUT2D eigenvalue weighted by Gasteiger charge is -2.06. The van der Waals surface area contributed by atoms with Gasteiger partial charge in [-0.15, -0.1) is 0 Å². The number of hydrogen-bond donors (Lipinski definition) is 1. The molecule has 1 N–H and O–H groups in total. The zero-order valence-corrected chi connectivity index (χ0v) is 7.86. The van der Waals surface area contributed by atoms with E-state index in [-0.39, 0.29) is 6.10 Å². The first kappa shape index (κ1) is 11.4. The number of aldehydes is 1. The summed E-state index contributed by atoms with van der Waals surface area (Å²) in [6.45, 7) is 4.25. The molecular formula is C10H18O2. The largest absolute Gasteiger partial charge is 0.389 e. The van der Waals surface area contributed by atoms with Crippen LogP contribution in [0.15, 0.2) is 12.2 Å². The Hall–Kier alpha value is -0.630. The molecule has 0 aliphatic carbocycles. The van der Waals surface area contributed by atoms with Crippen LogP contribution in [0, 0.1) is 5.92 Å². The summed E-state index contributed by atoms with van der Waals surface area (Å²) in [6.07, 6.45) is 6.05. The molecule has 12 heavy (non-hydrogen) atoms. The number of aliphatic hydroxyl groups is 1. The number of carbonyl (C=O) groups is 1. The fraction of sp³-hybridized carbons (Fsp3) is 0.700.